The summed E-state index contributed by atoms with van der Waals surface area (Å²) in [6.07, 6.45) is 3.01. The minimum atomic E-state index is 0.163. The van der Waals surface area contributed by atoms with Gasteiger partial charge in [0.2, 0.25) is 5.91 Å². The van der Waals surface area contributed by atoms with E-state index in [9.17, 15) is 9.90 Å². The van der Waals surface area contributed by atoms with Crippen LogP contribution in [0.15, 0.2) is 24.3 Å². The molecule has 3 nitrogen and oxygen atoms in total. The maximum Gasteiger partial charge on any atom is 0.227 e. The first-order valence-corrected chi connectivity index (χ1v) is 5.80. The van der Waals surface area contributed by atoms with Crippen molar-refractivity contribution < 1.29 is 9.90 Å². The van der Waals surface area contributed by atoms with Gasteiger partial charge < -0.3 is 10.0 Å². The largest absolute Gasteiger partial charge is 0.508 e. The second-order valence-electron chi connectivity index (χ2n) is 4.31. The lowest BCUT2D eigenvalue weighted by Gasteiger charge is -2.21. The molecule has 0 bridgehead atoms. The first-order valence-electron chi connectivity index (χ1n) is 5.80. The van der Waals surface area contributed by atoms with E-state index in [0.29, 0.717) is 18.9 Å². The lowest BCUT2D eigenvalue weighted by atomic mass is 10.2. The van der Waals surface area contributed by atoms with Crippen LogP contribution in [0.1, 0.15) is 26.2 Å². The summed E-state index contributed by atoms with van der Waals surface area (Å²) in [5.74, 6) is 0.963. The molecule has 0 radical (unpaired) electrons. The molecule has 0 unspecified atom stereocenters. The molecule has 1 aliphatic carbocycles. The van der Waals surface area contributed by atoms with Gasteiger partial charge in [-0.3, -0.25) is 4.79 Å². The van der Waals surface area contributed by atoms with Crippen LogP contribution < -0.4 is 4.90 Å². The Morgan fingerprint density at radius 1 is 1.50 bits per heavy atom. The Morgan fingerprint density at radius 2 is 2.25 bits per heavy atom. The van der Waals surface area contributed by atoms with Crippen molar-refractivity contribution in [2.45, 2.75) is 26.2 Å². The summed E-state index contributed by atoms with van der Waals surface area (Å²) in [6, 6.07) is 6.86. The molecule has 1 aliphatic rings. The molecule has 1 amide bonds. The molecular weight excluding hydrogens is 202 g/mol. The zero-order valence-corrected chi connectivity index (χ0v) is 9.52. The van der Waals surface area contributed by atoms with E-state index >= 15 is 0 Å². The number of phenolic OH excluding ortho intramolecular Hbond substituents is 1. The molecule has 1 aromatic carbocycles. The molecule has 16 heavy (non-hydrogen) atoms. The molecule has 1 N–H and O–H groups in total. The number of aromatic hydroxyl groups is 1. The highest BCUT2D eigenvalue weighted by Crippen LogP contribution is 2.33. The smallest absolute Gasteiger partial charge is 0.227 e. The summed E-state index contributed by atoms with van der Waals surface area (Å²) >= 11 is 0. The van der Waals surface area contributed by atoms with Crippen molar-refractivity contribution in [3.8, 4) is 5.75 Å². The van der Waals surface area contributed by atoms with Crippen LogP contribution in [-0.2, 0) is 4.79 Å². The molecule has 86 valence electrons. The Kier molecular flexibility index (Phi) is 3.13. The van der Waals surface area contributed by atoms with Gasteiger partial charge in [0.1, 0.15) is 5.75 Å². The standard InChI is InChI=1S/C13H17NO2/c1-2-14(13(16)8-10-6-7-10)11-4-3-5-12(15)9-11/h3-5,9-10,15H,2,6-8H2,1H3. The number of hydrogen-bond donors (Lipinski definition) is 1. The van der Waals surface area contributed by atoms with Crippen LogP contribution >= 0.6 is 0 Å². The molecule has 1 saturated carbocycles. The van der Waals surface area contributed by atoms with E-state index in [1.807, 2.05) is 13.0 Å². The summed E-state index contributed by atoms with van der Waals surface area (Å²) in [7, 11) is 0. The summed E-state index contributed by atoms with van der Waals surface area (Å²) in [5.41, 5.74) is 0.785. The van der Waals surface area contributed by atoms with Crippen LogP contribution in [0.4, 0.5) is 5.69 Å². The molecular formula is C13H17NO2. The Morgan fingerprint density at radius 3 is 2.81 bits per heavy atom. The third-order valence-electron chi connectivity index (χ3n) is 2.92. The number of phenols is 1. The second-order valence-corrected chi connectivity index (χ2v) is 4.31. The fraction of sp³-hybridized carbons (Fsp3) is 0.462. The van der Waals surface area contributed by atoms with Gasteiger partial charge in [-0.25, -0.2) is 0 Å². The van der Waals surface area contributed by atoms with Crippen LogP contribution in [0, 0.1) is 5.92 Å². The van der Waals surface area contributed by atoms with Crippen molar-refractivity contribution >= 4 is 11.6 Å². The van der Waals surface area contributed by atoms with Crippen molar-refractivity contribution in [3.05, 3.63) is 24.3 Å². The summed E-state index contributed by atoms with van der Waals surface area (Å²) in [5, 5.41) is 9.40. The third-order valence-corrected chi connectivity index (χ3v) is 2.92. The zero-order chi connectivity index (χ0) is 11.5. The quantitative estimate of drug-likeness (QED) is 0.845. The first-order chi connectivity index (χ1) is 7.70. The Balaban J connectivity index is 2.11. The molecule has 0 spiro atoms. The highest BCUT2D eigenvalue weighted by atomic mass is 16.3. The maximum absolute atomic E-state index is 12.0. The van der Waals surface area contributed by atoms with Crippen molar-refractivity contribution in [2.24, 2.45) is 5.92 Å². The molecule has 1 aromatic rings. The predicted molar refractivity (Wildman–Crippen MR) is 63.5 cm³/mol. The number of carbonyl (C=O) groups is 1. The molecule has 0 saturated heterocycles. The lowest BCUT2D eigenvalue weighted by Crippen LogP contribution is -2.30. The minimum Gasteiger partial charge on any atom is -0.508 e. The lowest BCUT2D eigenvalue weighted by molar-refractivity contribution is -0.118. The van der Waals surface area contributed by atoms with Gasteiger partial charge in [-0.1, -0.05) is 6.07 Å². The highest BCUT2D eigenvalue weighted by Gasteiger charge is 2.27. The third kappa shape index (κ3) is 2.54. The monoisotopic (exact) mass is 219 g/mol. The topological polar surface area (TPSA) is 40.5 Å². The predicted octanol–water partition coefficient (Wildman–Crippen LogP) is 2.55. The van der Waals surface area contributed by atoms with Gasteiger partial charge in [0.05, 0.1) is 0 Å². The average Bonchev–Trinajstić information content (AvgIpc) is 3.03. The molecule has 0 heterocycles. The molecule has 0 aliphatic heterocycles. The number of amides is 1. The average molecular weight is 219 g/mol. The van der Waals surface area contributed by atoms with Crippen LogP contribution in [0.5, 0.6) is 5.75 Å². The van der Waals surface area contributed by atoms with Gasteiger partial charge in [0.25, 0.3) is 0 Å². The number of carbonyl (C=O) groups excluding carboxylic acids is 1. The van der Waals surface area contributed by atoms with Crippen LogP contribution in [0.25, 0.3) is 0 Å². The van der Waals surface area contributed by atoms with Crippen molar-refractivity contribution in [3.63, 3.8) is 0 Å². The van der Waals surface area contributed by atoms with E-state index in [4.69, 9.17) is 0 Å². The molecule has 0 aromatic heterocycles. The van der Waals surface area contributed by atoms with Gasteiger partial charge in [-0.05, 0) is 37.8 Å². The van der Waals surface area contributed by atoms with Crippen LogP contribution in [0.3, 0.4) is 0 Å². The summed E-state index contributed by atoms with van der Waals surface area (Å²) in [4.78, 5) is 13.7. The van der Waals surface area contributed by atoms with Gasteiger partial charge >= 0.3 is 0 Å². The van der Waals surface area contributed by atoms with E-state index in [0.717, 1.165) is 5.69 Å². The zero-order valence-electron chi connectivity index (χ0n) is 9.52. The second kappa shape index (κ2) is 4.56. The van der Waals surface area contributed by atoms with E-state index in [2.05, 4.69) is 0 Å². The summed E-state index contributed by atoms with van der Waals surface area (Å²) < 4.78 is 0. The summed E-state index contributed by atoms with van der Waals surface area (Å²) in [6.45, 7) is 2.60. The highest BCUT2D eigenvalue weighted by molar-refractivity contribution is 5.93. The number of rotatable bonds is 4. The number of nitrogens with zero attached hydrogens (tertiary/aromatic N) is 1. The molecule has 2 rings (SSSR count). The number of benzene rings is 1. The van der Waals surface area contributed by atoms with Gasteiger partial charge in [-0.15, -0.1) is 0 Å². The van der Waals surface area contributed by atoms with Gasteiger partial charge in [-0.2, -0.15) is 0 Å². The van der Waals surface area contributed by atoms with E-state index in [1.54, 1.807) is 23.1 Å². The maximum atomic E-state index is 12.0. The molecule has 0 atom stereocenters. The SMILES string of the molecule is CCN(C(=O)CC1CC1)c1cccc(O)c1. The normalized spacial score (nSPS) is 14.8. The van der Waals surface area contributed by atoms with Crippen LogP contribution in [-0.4, -0.2) is 17.6 Å². The van der Waals surface area contributed by atoms with Gasteiger partial charge in [0, 0.05) is 24.7 Å². The molecule has 3 heteroatoms. The fourth-order valence-electron chi connectivity index (χ4n) is 1.84. The van der Waals surface area contributed by atoms with Crippen molar-refractivity contribution in [1.82, 2.24) is 0 Å². The van der Waals surface area contributed by atoms with Crippen LogP contribution in [0.2, 0.25) is 0 Å². The van der Waals surface area contributed by atoms with Crippen molar-refractivity contribution in [2.75, 3.05) is 11.4 Å². The van der Waals surface area contributed by atoms with E-state index in [1.165, 1.54) is 12.8 Å². The van der Waals surface area contributed by atoms with Crippen molar-refractivity contribution in [1.29, 1.82) is 0 Å². The van der Waals surface area contributed by atoms with E-state index in [-0.39, 0.29) is 11.7 Å². The Hall–Kier alpha value is -1.51. The van der Waals surface area contributed by atoms with Gasteiger partial charge in [0.15, 0.2) is 0 Å². The number of anilines is 1. The Bertz CT molecular complexity index is 385. The molecule has 1 fully saturated rings. The Labute approximate surface area is 95.7 Å². The van der Waals surface area contributed by atoms with E-state index < -0.39 is 0 Å². The number of hydrogen-bond acceptors (Lipinski definition) is 2. The first kappa shape index (κ1) is 11.0. The fourth-order valence-corrected chi connectivity index (χ4v) is 1.84. The minimum absolute atomic E-state index is 0.163.